The average Bonchev–Trinajstić information content (AvgIpc) is 2.62. The molecule has 1 aliphatic rings. The second-order valence-electron chi connectivity index (χ2n) is 6.62. The van der Waals surface area contributed by atoms with Gasteiger partial charge in [-0.3, -0.25) is 4.79 Å². The van der Waals surface area contributed by atoms with Crippen LogP contribution in [-0.4, -0.2) is 25.7 Å². The molecule has 0 aliphatic carbocycles. The molecule has 0 fully saturated rings. The van der Waals surface area contributed by atoms with Gasteiger partial charge in [0.2, 0.25) is 5.91 Å². The Morgan fingerprint density at radius 1 is 1.08 bits per heavy atom. The molecule has 5 heteroatoms. The second kappa shape index (κ2) is 7.36. The molecule has 2 aromatic rings. The third kappa shape index (κ3) is 4.07. The van der Waals surface area contributed by atoms with Crippen LogP contribution >= 0.6 is 11.6 Å². The van der Waals surface area contributed by atoms with Crippen LogP contribution in [0.3, 0.4) is 0 Å². The molecule has 2 aromatic carbocycles. The first kappa shape index (κ1) is 17.6. The fourth-order valence-electron chi connectivity index (χ4n) is 2.76. The Kier molecular flexibility index (Phi) is 5.19. The Labute approximate surface area is 153 Å². The van der Waals surface area contributed by atoms with E-state index in [4.69, 9.17) is 21.1 Å². The number of benzene rings is 2. The molecule has 0 radical (unpaired) electrons. The van der Waals surface area contributed by atoms with Gasteiger partial charge in [-0.1, -0.05) is 29.8 Å². The number of fused-ring (bicyclic) bond motifs is 1. The molecule has 1 N–H and O–H groups in total. The van der Waals surface area contributed by atoms with E-state index in [9.17, 15) is 4.79 Å². The van der Waals surface area contributed by atoms with Crippen LogP contribution < -0.4 is 14.8 Å². The van der Waals surface area contributed by atoms with Crippen LogP contribution in [-0.2, 0) is 16.6 Å². The standard InChI is InChI=1S/C20H22ClNO3/c1-20(2,15-5-8-17-18(13-15)25-12-11-24-17)19(23)22-10-9-14-3-6-16(21)7-4-14/h3-8,13H,9-12H2,1-2H3,(H,22,23). The molecule has 25 heavy (non-hydrogen) atoms. The maximum Gasteiger partial charge on any atom is 0.230 e. The van der Waals surface area contributed by atoms with Gasteiger partial charge in [-0.15, -0.1) is 0 Å². The zero-order chi connectivity index (χ0) is 17.9. The zero-order valence-corrected chi connectivity index (χ0v) is 15.2. The average molecular weight is 360 g/mol. The Morgan fingerprint density at radius 3 is 2.48 bits per heavy atom. The highest BCUT2D eigenvalue weighted by Crippen LogP contribution is 2.35. The SMILES string of the molecule is CC(C)(C(=O)NCCc1ccc(Cl)cc1)c1ccc2c(c1)OCCO2. The van der Waals surface area contributed by atoms with Crippen LogP contribution in [0.2, 0.25) is 5.02 Å². The molecule has 1 aliphatic heterocycles. The first-order valence-electron chi connectivity index (χ1n) is 8.40. The van der Waals surface area contributed by atoms with Crippen molar-refractivity contribution in [2.45, 2.75) is 25.7 Å². The Morgan fingerprint density at radius 2 is 1.76 bits per heavy atom. The number of hydrogen-bond donors (Lipinski definition) is 1. The highest BCUT2D eigenvalue weighted by atomic mass is 35.5. The molecule has 0 bridgehead atoms. The predicted octanol–water partition coefficient (Wildman–Crippen LogP) is 3.75. The molecule has 0 aromatic heterocycles. The van der Waals surface area contributed by atoms with Crippen molar-refractivity contribution >= 4 is 17.5 Å². The molecule has 1 amide bonds. The van der Waals surface area contributed by atoms with Crippen molar-refractivity contribution in [3.8, 4) is 11.5 Å². The molecule has 3 rings (SSSR count). The predicted molar refractivity (Wildman–Crippen MR) is 98.6 cm³/mol. The van der Waals surface area contributed by atoms with Crippen molar-refractivity contribution < 1.29 is 14.3 Å². The van der Waals surface area contributed by atoms with E-state index < -0.39 is 5.41 Å². The lowest BCUT2D eigenvalue weighted by Crippen LogP contribution is -2.41. The number of carbonyl (C=O) groups is 1. The molecular formula is C20H22ClNO3. The van der Waals surface area contributed by atoms with Gasteiger partial charge in [0.15, 0.2) is 11.5 Å². The summed E-state index contributed by atoms with van der Waals surface area (Å²) in [5, 5.41) is 3.74. The van der Waals surface area contributed by atoms with Gasteiger partial charge < -0.3 is 14.8 Å². The molecule has 1 heterocycles. The van der Waals surface area contributed by atoms with Gasteiger partial charge in [0.1, 0.15) is 13.2 Å². The van der Waals surface area contributed by atoms with E-state index in [2.05, 4.69) is 5.32 Å². The van der Waals surface area contributed by atoms with Crippen molar-refractivity contribution in [2.75, 3.05) is 19.8 Å². The Balaban J connectivity index is 1.62. The number of hydrogen-bond acceptors (Lipinski definition) is 3. The van der Waals surface area contributed by atoms with Crippen LogP contribution in [0, 0.1) is 0 Å². The zero-order valence-electron chi connectivity index (χ0n) is 14.5. The molecule has 0 spiro atoms. The summed E-state index contributed by atoms with van der Waals surface area (Å²) >= 11 is 5.89. The summed E-state index contributed by atoms with van der Waals surface area (Å²) in [5.74, 6) is 1.41. The van der Waals surface area contributed by atoms with Crippen molar-refractivity contribution in [3.05, 3.63) is 58.6 Å². The number of amides is 1. The van der Waals surface area contributed by atoms with E-state index in [-0.39, 0.29) is 5.91 Å². The molecule has 132 valence electrons. The van der Waals surface area contributed by atoms with Crippen LogP contribution in [0.15, 0.2) is 42.5 Å². The monoisotopic (exact) mass is 359 g/mol. The van der Waals surface area contributed by atoms with E-state index in [1.165, 1.54) is 0 Å². The summed E-state index contributed by atoms with van der Waals surface area (Å²) in [6.07, 6.45) is 0.764. The van der Waals surface area contributed by atoms with Crippen molar-refractivity contribution in [3.63, 3.8) is 0 Å². The summed E-state index contributed by atoms with van der Waals surface area (Å²) in [6, 6.07) is 13.3. The van der Waals surface area contributed by atoms with Crippen LogP contribution in [0.5, 0.6) is 11.5 Å². The number of halogens is 1. The summed E-state index contributed by atoms with van der Waals surface area (Å²) in [4.78, 5) is 12.7. The number of nitrogens with one attached hydrogen (secondary N) is 1. The minimum atomic E-state index is -0.657. The fraction of sp³-hybridized carbons (Fsp3) is 0.350. The fourth-order valence-corrected chi connectivity index (χ4v) is 2.88. The van der Waals surface area contributed by atoms with E-state index in [0.717, 1.165) is 23.3 Å². The van der Waals surface area contributed by atoms with Crippen molar-refractivity contribution in [1.82, 2.24) is 5.32 Å². The van der Waals surface area contributed by atoms with Gasteiger partial charge in [0.05, 0.1) is 5.41 Å². The highest BCUT2D eigenvalue weighted by molar-refractivity contribution is 6.30. The van der Waals surface area contributed by atoms with E-state index in [1.54, 1.807) is 0 Å². The largest absolute Gasteiger partial charge is 0.486 e. The van der Waals surface area contributed by atoms with E-state index >= 15 is 0 Å². The maximum absolute atomic E-state index is 12.7. The third-order valence-corrected chi connectivity index (χ3v) is 4.70. The first-order valence-corrected chi connectivity index (χ1v) is 8.77. The number of carbonyl (C=O) groups excluding carboxylic acids is 1. The quantitative estimate of drug-likeness (QED) is 0.884. The smallest absolute Gasteiger partial charge is 0.230 e. The first-order chi connectivity index (χ1) is 12.0. The second-order valence-corrected chi connectivity index (χ2v) is 7.05. The van der Waals surface area contributed by atoms with Crippen molar-refractivity contribution in [2.24, 2.45) is 0 Å². The summed E-state index contributed by atoms with van der Waals surface area (Å²) in [6.45, 7) is 5.49. The minimum Gasteiger partial charge on any atom is -0.486 e. The third-order valence-electron chi connectivity index (χ3n) is 4.44. The summed E-state index contributed by atoms with van der Waals surface area (Å²) < 4.78 is 11.2. The normalized spacial score (nSPS) is 13.4. The number of rotatable bonds is 5. The molecule has 0 atom stereocenters. The van der Waals surface area contributed by atoms with Gasteiger partial charge in [0, 0.05) is 11.6 Å². The van der Waals surface area contributed by atoms with Gasteiger partial charge in [0.25, 0.3) is 0 Å². The van der Waals surface area contributed by atoms with Crippen molar-refractivity contribution in [1.29, 1.82) is 0 Å². The Hall–Kier alpha value is -2.20. The molecular weight excluding hydrogens is 338 g/mol. The van der Waals surface area contributed by atoms with Gasteiger partial charge in [-0.2, -0.15) is 0 Å². The molecule has 0 unspecified atom stereocenters. The summed E-state index contributed by atoms with van der Waals surface area (Å²) in [7, 11) is 0. The molecule has 0 saturated carbocycles. The van der Waals surface area contributed by atoms with Gasteiger partial charge in [-0.05, 0) is 55.7 Å². The minimum absolute atomic E-state index is 0.0156. The van der Waals surface area contributed by atoms with Gasteiger partial charge in [-0.25, -0.2) is 0 Å². The Bertz CT molecular complexity index is 756. The highest BCUT2D eigenvalue weighted by Gasteiger charge is 2.30. The molecule has 0 saturated heterocycles. The topological polar surface area (TPSA) is 47.6 Å². The summed E-state index contributed by atoms with van der Waals surface area (Å²) in [5.41, 5.74) is 1.39. The van der Waals surface area contributed by atoms with Crippen LogP contribution in [0.4, 0.5) is 0 Å². The molecule has 4 nitrogen and oxygen atoms in total. The maximum atomic E-state index is 12.7. The van der Waals surface area contributed by atoms with Crippen LogP contribution in [0.1, 0.15) is 25.0 Å². The van der Waals surface area contributed by atoms with E-state index in [1.807, 2.05) is 56.3 Å². The van der Waals surface area contributed by atoms with E-state index in [0.29, 0.717) is 30.5 Å². The lowest BCUT2D eigenvalue weighted by atomic mass is 9.83. The van der Waals surface area contributed by atoms with Gasteiger partial charge >= 0.3 is 0 Å². The lowest BCUT2D eigenvalue weighted by molar-refractivity contribution is -0.125. The van der Waals surface area contributed by atoms with Crippen LogP contribution in [0.25, 0.3) is 0 Å². The number of ether oxygens (including phenoxy) is 2. The lowest BCUT2D eigenvalue weighted by Gasteiger charge is -2.26.